The highest BCUT2D eigenvalue weighted by Gasteiger charge is 2.10. The van der Waals surface area contributed by atoms with Gasteiger partial charge < -0.3 is 0 Å². The summed E-state index contributed by atoms with van der Waals surface area (Å²) in [6, 6.07) is 12.4. The van der Waals surface area contributed by atoms with Crippen molar-refractivity contribution in [3.8, 4) is 0 Å². The molecule has 0 saturated heterocycles. The predicted molar refractivity (Wildman–Crippen MR) is 71.4 cm³/mol. The lowest BCUT2D eigenvalue weighted by molar-refractivity contribution is 1.06. The van der Waals surface area contributed by atoms with Gasteiger partial charge in [-0.05, 0) is 18.4 Å². The smallest absolute Gasteiger partial charge is 0.134 e. The summed E-state index contributed by atoms with van der Waals surface area (Å²) < 4.78 is 0. The number of aromatic nitrogens is 4. The van der Waals surface area contributed by atoms with Gasteiger partial charge in [0.25, 0.3) is 0 Å². The van der Waals surface area contributed by atoms with E-state index in [1.54, 1.807) is 0 Å². The third kappa shape index (κ3) is 1.12. The Morgan fingerprint density at radius 3 is 2.67 bits per heavy atom. The van der Waals surface area contributed by atoms with Crippen molar-refractivity contribution in [3.05, 3.63) is 42.1 Å². The number of H-pyrrole nitrogens is 1. The van der Waals surface area contributed by atoms with Crippen molar-refractivity contribution in [3.63, 3.8) is 0 Å². The Morgan fingerprint density at radius 1 is 0.889 bits per heavy atom. The molecule has 4 nitrogen and oxygen atoms in total. The molecule has 2 aromatic heterocycles. The Kier molecular flexibility index (Phi) is 1.73. The number of benzene rings is 2. The van der Waals surface area contributed by atoms with E-state index in [2.05, 4.69) is 44.7 Å². The number of rotatable bonds is 0. The lowest BCUT2D eigenvalue weighted by Crippen LogP contribution is -1.88. The van der Waals surface area contributed by atoms with Crippen molar-refractivity contribution in [2.75, 3.05) is 0 Å². The summed E-state index contributed by atoms with van der Waals surface area (Å²) >= 11 is 0. The average Bonchev–Trinajstić information content (AvgIpc) is 2.80. The minimum Gasteiger partial charge on any atom is -0.275 e. The van der Waals surface area contributed by atoms with E-state index < -0.39 is 0 Å². The van der Waals surface area contributed by atoms with Gasteiger partial charge in [-0.3, -0.25) is 5.10 Å². The molecule has 0 spiro atoms. The molecule has 86 valence electrons. The first-order valence-corrected chi connectivity index (χ1v) is 5.83. The summed E-state index contributed by atoms with van der Waals surface area (Å²) in [4.78, 5) is 0. The van der Waals surface area contributed by atoms with Crippen LogP contribution in [0.1, 0.15) is 5.69 Å². The van der Waals surface area contributed by atoms with Gasteiger partial charge in [-0.2, -0.15) is 5.10 Å². The van der Waals surface area contributed by atoms with Crippen LogP contribution in [0.2, 0.25) is 0 Å². The van der Waals surface area contributed by atoms with Crippen LogP contribution < -0.4 is 0 Å². The van der Waals surface area contributed by atoms with Gasteiger partial charge in [-0.15, -0.1) is 10.2 Å². The van der Waals surface area contributed by atoms with Crippen LogP contribution >= 0.6 is 0 Å². The van der Waals surface area contributed by atoms with E-state index in [-0.39, 0.29) is 0 Å². The molecule has 0 saturated carbocycles. The van der Waals surface area contributed by atoms with Crippen LogP contribution in [0.15, 0.2) is 36.4 Å². The molecule has 0 unspecified atom stereocenters. The van der Waals surface area contributed by atoms with Crippen molar-refractivity contribution >= 4 is 32.7 Å². The second-order valence-corrected chi connectivity index (χ2v) is 4.42. The summed E-state index contributed by atoms with van der Waals surface area (Å²) in [5.41, 5.74) is 3.61. The number of fused-ring (bicyclic) bond motifs is 5. The molecular formula is C14H10N4. The maximum absolute atomic E-state index is 4.36. The van der Waals surface area contributed by atoms with Gasteiger partial charge in [0.2, 0.25) is 0 Å². The molecule has 0 aliphatic carbocycles. The van der Waals surface area contributed by atoms with Crippen molar-refractivity contribution in [1.29, 1.82) is 0 Å². The van der Waals surface area contributed by atoms with E-state index in [1.165, 1.54) is 5.39 Å². The van der Waals surface area contributed by atoms with Gasteiger partial charge in [0, 0.05) is 10.8 Å². The monoisotopic (exact) mass is 234 g/mol. The lowest BCUT2D eigenvalue weighted by Gasteiger charge is -2.02. The average molecular weight is 234 g/mol. The van der Waals surface area contributed by atoms with Crippen molar-refractivity contribution in [2.24, 2.45) is 0 Å². The molecule has 0 atom stereocenters. The van der Waals surface area contributed by atoms with Gasteiger partial charge >= 0.3 is 0 Å². The van der Waals surface area contributed by atoms with E-state index in [0.717, 1.165) is 33.0 Å². The van der Waals surface area contributed by atoms with Crippen LogP contribution in [0.25, 0.3) is 32.7 Å². The third-order valence-electron chi connectivity index (χ3n) is 3.33. The third-order valence-corrected chi connectivity index (χ3v) is 3.33. The van der Waals surface area contributed by atoms with Gasteiger partial charge in [0.1, 0.15) is 11.0 Å². The van der Waals surface area contributed by atoms with Crippen LogP contribution in [0.4, 0.5) is 0 Å². The molecule has 4 rings (SSSR count). The number of aryl methyl sites for hydroxylation is 1. The Hall–Kier alpha value is -2.49. The molecular weight excluding hydrogens is 224 g/mol. The molecule has 0 amide bonds. The number of aromatic amines is 1. The van der Waals surface area contributed by atoms with Gasteiger partial charge in [-0.25, -0.2) is 0 Å². The molecule has 4 heteroatoms. The van der Waals surface area contributed by atoms with Crippen molar-refractivity contribution in [2.45, 2.75) is 6.92 Å². The maximum Gasteiger partial charge on any atom is 0.134 e. The van der Waals surface area contributed by atoms with Crippen molar-refractivity contribution < 1.29 is 0 Å². The minimum atomic E-state index is 0.845. The summed E-state index contributed by atoms with van der Waals surface area (Å²) in [5, 5.41) is 19.2. The van der Waals surface area contributed by atoms with Crippen LogP contribution in [0.5, 0.6) is 0 Å². The zero-order chi connectivity index (χ0) is 12.1. The van der Waals surface area contributed by atoms with Crippen LogP contribution in [-0.4, -0.2) is 20.4 Å². The molecule has 0 fully saturated rings. The highest BCUT2D eigenvalue weighted by molar-refractivity contribution is 6.12. The maximum atomic E-state index is 4.36. The minimum absolute atomic E-state index is 0.845. The van der Waals surface area contributed by atoms with E-state index in [0.29, 0.717) is 0 Å². The Balaban J connectivity index is 2.30. The normalized spacial score (nSPS) is 11.6. The number of hydrogen-bond acceptors (Lipinski definition) is 3. The second kappa shape index (κ2) is 3.26. The molecule has 18 heavy (non-hydrogen) atoms. The highest BCUT2D eigenvalue weighted by Crippen LogP contribution is 2.27. The SMILES string of the molecule is Cc1n[nH]c2c1nnc1c3ccccc3ccc12. The van der Waals surface area contributed by atoms with E-state index in [9.17, 15) is 0 Å². The Labute approximate surface area is 103 Å². The largest absolute Gasteiger partial charge is 0.275 e. The quantitative estimate of drug-likeness (QED) is 0.476. The van der Waals surface area contributed by atoms with E-state index in [4.69, 9.17) is 0 Å². The fourth-order valence-corrected chi connectivity index (χ4v) is 2.40. The van der Waals surface area contributed by atoms with Crippen LogP contribution in [-0.2, 0) is 0 Å². The molecule has 4 aromatic rings. The first kappa shape index (κ1) is 9.53. The molecule has 0 aliphatic heterocycles. The lowest BCUT2D eigenvalue weighted by atomic mass is 10.1. The first-order chi connectivity index (χ1) is 8.84. The molecule has 0 aliphatic rings. The molecule has 1 N–H and O–H groups in total. The Morgan fingerprint density at radius 2 is 1.72 bits per heavy atom. The van der Waals surface area contributed by atoms with E-state index in [1.807, 2.05) is 19.1 Å². The summed E-state index contributed by atoms with van der Waals surface area (Å²) in [7, 11) is 0. The summed E-state index contributed by atoms with van der Waals surface area (Å²) in [6.07, 6.45) is 0. The number of nitrogens with one attached hydrogen (secondary N) is 1. The van der Waals surface area contributed by atoms with Gasteiger partial charge in [0.15, 0.2) is 0 Å². The van der Waals surface area contributed by atoms with Crippen LogP contribution in [0, 0.1) is 6.92 Å². The van der Waals surface area contributed by atoms with Gasteiger partial charge in [0.05, 0.1) is 11.2 Å². The van der Waals surface area contributed by atoms with Gasteiger partial charge in [-0.1, -0.05) is 30.3 Å². The number of hydrogen-bond donors (Lipinski definition) is 1. The summed E-state index contributed by atoms with van der Waals surface area (Å²) in [5.74, 6) is 0. The Bertz CT molecular complexity index is 892. The second-order valence-electron chi connectivity index (χ2n) is 4.42. The molecule has 0 bridgehead atoms. The molecule has 2 heterocycles. The first-order valence-electron chi connectivity index (χ1n) is 5.83. The van der Waals surface area contributed by atoms with E-state index >= 15 is 0 Å². The topological polar surface area (TPSA) is 54.5 Å². The highest BCUT2D eigenvalue weighted by atomic mass is 15.2. The molecule has 0 radical (unpaired) electrons. The zero-order valence-electron chi connectivity index (χ0n) is 9.81. The fourth-order valence-electron chi connectivity index (χ4n) is 2.40. The van der Waals surface area contributed by atoms with Crippen LogP contribution in [0.3, 0.4) is 0 Å². The zero-order valence-corrected chi connectivity index (χ0v) is 9.81. The van der Waals surface area contributed by atoms with Crippen molar-refractivity contribution in [1.82, 2.24) is 20.4 Å². The fraction of sp³-hybridized carbons (Fsp3) is 0.0714. The standard InChI is InChI=1S/C14H10N4/c1-8-12-14(18-15-8)11-7-6-9-4-2-3-5-10(9)13(11)17-16-12/h2-7H,1H3,(H,15,18). The summed E-state index contributed by atoms with van der Waals surface area (Å²) in [6.45, 7) is 1.93. The number of nitrogens with zero attached hydrogens (tertiary/aromatic N) is 3. The molecule has 2 aromatic carbocycles. The predicted octanol–water partition coefficient (Wildman–Crippen LogP) is 2.97.